The van der Waals surface area contributed by atoms with Crippen LogP contribution in [0.4, 0.5) is 10.2 Å². The average Bonchev–Trinajstić information content (AvgIpc) is 2.72. The van der Waals surface area contributed by atoms with Gasteiger partial charge in [0.25, 0.3) is 0 Å². The van der Waals surface area contributed by atoms with E-state index in [-0.39, 0.29) is 6.42 Å². The molecule has 0 spiro atoms. The molecule has 1 aromatic heterocycles. The van der Waals surface area contributed by atoms with Gasteiger partial charge in [0.15, 0.2) is 11.6 Å². The van der Waals surface area contributed by atoms with Crippen molar-refractivity contribution in [1.29, 1.82) is 0 Å². The van der Waals surface area contributed by atoms with Gasteiger partial charge < -0.3 is 14.9 Å². The first-order valence-corrected chi connectivity index (χ1v) is 5.20. The van der Waals surface area contributed by atoms with Crippen LogP contribution in [0.15, 0.2) is 11.0 Å². The molecule has 1 fully saturated rings. The van der Waals surface area contributed by atoms with Gasteiger partial charge in [-0.15, -0.1) is 0 Å². The van der Waals surface area contributed by atoms with Crippen molar-refractivity contribution < 1.29 is 24.5 Å². The number of halogens is 1. The molecule has 1 aliphatic heterocycles. The number of hydrogen-bond donors (Lipinski definition) is 4. The largest absolute Gasteiger partial charge is 0.394 e. The molecule has 0 radical (unpaired) electrons. The van der Waals surface area contributed by atoms with E-state index < -0.39 is 42.4 Å². The van der Waals surface area contributed by atoms with Gasteiger partial charge in [-0.05, 0) is 0 Å². The summed E-state index contributed by atoms with van der Waals surface area (Å²) in [6.07, 6.45) is -1.81. The summed E-state index contributed by atoms with van der Waals surface area (Å²) < 4.78 is 19.4. The molecule has 0 aromatic carbocycles. The van der Waals surface area contributed by atoms with Crippen molar-refractivity contribution in [3.63, 3.8) is 0 Å². The smallest absolute Gasteiger partial charge is 0.351 e. The Kier molecular flexibility index (Phi) is 3.57. The van der Waals surface area contributed by atoms with E-state index in [2.05, 4.69) is 4.98 Å². The fraction of sp³-hybridized carbons (Fsp3) is 0.556. The van der Waals surface area contributed by atoms with Gasteiger partial charge in [0.1, 0.15) is 12.3 Å². The normalized spacial score (nSPS) is 27.4. The molecule has 0 unspecified atom stereocenters. The molecule has 4 N–H and O–H groups in total. The van der Waals surface area contributed by atoms with Crippen molar-refractivity contribution in [2.45, 2.75) is 24.9 Å². The van der Waals surface area contributed by atoms with E-state index >= 15 is 0 Å². The zero-order valence-corrected chi connectivity index (χ0v) is 9.15. The standard InChI is InChI=1S/C9H12FN3O5/c10-4-2-13(9(16)11-8(4)12-17)7-1-5(15)6(3-14)18-7/h2,5-7,14-15,17H,1,3H2,(H,11,12,16)/t5-,6+,7+/m0/s1. The fourth-order valence-corrected chi connectivity index (χ4v) is 1.78. The maximum absolute atomic E-state index is 13.3. The highest BCUT2D eigenvalue weighted by Gasteiger charge is 2.35. The Bertz CT molecular complexity index is 494. The molecule has 100 valence electrons. The second-order valence-corrected chi connectivity index (χ2v) is 3.85. The van der Waals surface area contributed by atoms with Crippen LogP contribution in [0.3, 0.4) is 0 Å². The summed E-state index contributed by atoms with van der Waals surface area (Å²) in [5, 5.41) is 26.9. The summed E-state index contributed by atoms with van der Waals surface area (Å²) in [6.45, 7) is -0.404. The summed E-state index contributed by atoms with van der Waals surface area (Å²) in [4.78, 5) is 14.8. The highest BCUT2D eigenvalue weighted by Crippen LogP contribution is 2.27. The lowest BCUT2D eigenvalue weighted by Crippen LogP contribution is -2.29. The first-order valence-electron chi connectivity index (χ1n) is 5.20. The Labute approximate surface area is 100 Å². The van der Waals surface area contributed by atoms with Crippen LogP contribution in [0.1, 0.15) is 12.6 Å². The van der Waals surface area contributed by atoms with E-state index in [4.69, 9.17) is 15.1 Å². The van der Waals surface area contributed by atoms with Crippen molar-refractivity contribution in [2.75, 3.05) is 12.1 Å². The second-order valence-electron chi connectivity index (χ2n) is 3.85. The molecule has 0 amide bonds. The Balaban J connectivity index is 2.30. The van der Waals surface area contributed by atoms with Crippen LogP contribution in [0.25, 0.3) is 0 Å². The molecule has 0 saturated carbocycles. The van der Waals surface area contributed by atoms with E-state index in [0.29, 0.717) is 0 Å². The third kappa shape index (κ3) is 2.20. The first kappa shape index (κ1) is 12.9. The summed E-state index contributed by atoms with van der Waals surface area (Å²) in [7, 11) is 0. The van der Waals surface area contributed by atoms with Gasteiger partial charge in [-0.25, -0.2) is 14.7 Å². The number of anilines is 1. The third-order valence-electron chi connectivity index (χ3n) is 2.71. The zero-order chi connectivity index (χ0) is 13.3. The molecule has 2 rings (SSSR count). The summed E-state index contributed by atoms with van der Waals surface area (Å²) in [5.74, 6) is -1.53. The third-order valence-corrected chi connectivity index (χ3v) is 2.71. The van der Waals surface area contributed by atoms with E-state index in [1.165, 1.54) is 5.48 Å². The van der Waals surface area contributed by atoms with Crippen molar-refractivity contribution >= 4 is 5.82 Å². The number of nitrogens with one attached hydrogen (secondary N) is 1. The quantitative estimate of drug-likeness (QED) is 0.506. The zero-order valence-electron chi connectivity index (χ0n) is 9.15. The fourth-order valence-electron chi connectivity index (χ4n) is 1.78. The molecular formula is C9H12FN3O5. The molecule has 1 saturated heterocycles. The molecule has 2 heterocycles. The molecule has 8 nitrogen and oxygen atoms in total. The highest BCUT2D eigenvalue weighted by atomic mass is 19.1. The minimum atomic E-state index is -0.942. The molecule has 3 atom stereocenters. The van der Waals surface area contributed by atoms with Crippen molar-refractivity contribution in [3.8, 4) is 0 Å². The van der Waals surface area contributed by atoms with Gasteiger partial charge in [-0.2, -0.15) is 4.98 Å². The minimum absolute atomic E-state index is 0.0398. The monoisotopic (exact) mass is 261 g/mol. The number of aliphatic hydroxyl groups is 2. The van der Waals surface area contributed by atoms with Crippen molar-refractivity contribution in [2.24, 2.45) is 0 Å². The first-order chi connectivity index (χ1) is 8.56. The number of aliphatic hydroxyl groups excluding tert-OH is 2. The Hall–Kier alpha value is -1.55. The van der Waals surface area contributed by atoms with E-state index in [1.807, 2.05) is 0 Å². The van der Waals surface area contributed by atoms with Gasteiger partial charge in [-0.1, -0.05) is 0 Å². The molecular weight excluding hydrogens is 249 g/mol. The van der Waals surface area contributed by atoms with Crippen LogP contribution in [0, 0.1) is 5.82 Å². The lowest BCUT2D eigenvalue weighted by atomic mass is 10.2. The molecule has 0 aliphatic carbocycles. The van der Waals surface area contributed by atoms with E-state index in [9.17, 15) is 14.3 Å². The van der Waals surface area contributed by atoms with Gasteiger partial charge in [0.05, 0.1) is 18.9 Å². The Morgan fingerprint density at radius 2 is 2.39 bits per heavy atom. The number of hydrogen-bond acceptors (Lipinski definition) is 7. The predicted molar refractivity (Wildman–Crippen MR) is 55.5 cm³/mol. The summed E-state index contributed by atoms with van der Waals surface area (Å²) in [5.41, 5.74) is 0.609. The van der Waals surface area contributed by atoms with Gasteiger partial charge >= 0.3 is 5.69 Å². The summed E-state index contributed by atoms with van der Waals surface area (Å²) >= 11 is 0. The van der Waals surface area contributed by atoms with Crippen molar-refractivity contribution in [1.82, 2.24) is 9.55 Å². The van der Waals surface area contributed by atoms with Crippen LogP contribution in [0.5, 0.6) is 0 Å². The minimum Gasteiger partial charge on any atom is -0.394 e. The van der Waals surface area contributed by atoms with Gasteiger partial charge in [0, 0.05) is 6.42 Å². The van der Waals surface area contributed by atoms with Crippen molar-refractivity contribution in [3.05, 3.63) is 22.5 Å². The lowest BCUT2D eigenvalue weighted by molar-refractivity contribution is -0.0461. The van der Waals surface area contributed by atoms with E-state index in [1.54, 1.807) is 0 Å². The maximum Gasteiger partial charge on any atom is 0.351 e. The lowest BCUT2D eigenvalue weighted by Gasteiger charge is -2.14. The highest BCUT2D eigenvalue weighted by molar-refractivity contribution is 5.30. The summed E-state index contributed by atoms with van der Waals surface area (Å²) in [6, 6.07) is 0. The van der Waals surface area contributed by atoms with Crippen LogP contribution in [-0.2, 0) is 4.74 Å². The second kappa shape index (κ2) is 4.98. The van der Waals surface area contributed by atoms with Crippen LogP contribution < -0.4 is 11.2 Å². The van der Waals surface area contributed by atoms with E-state index in [0.717, 1.165) is 10.8 Å². The molecule has 18 heavy (non-hydrogen) atoms. The molecule has 9 heteroatoms. The van der Waals surface area contributed by atoms with Gasteiger partial charge in [0.2, 0.25) is 0 Å². The Morgan fingerprint density at radius 1 is 1.67 bits per heavy atom. The maximum atomic E-state index is 13.3. The van der Waals surface area contributed by atoms with Crippen LogP contribution in [0.2, 0.25) is 0 Å². The van der Waals surface area contributed by atoms with Crippen LogP contribution in [-0.4, -0.2) is 43.8 Å². The number of rotatable bonds is 3. The SMILES string of the molecule is O=c1nc(NO)c(F)cn1[C@H]1C[C@H](O)[C@@H](CO)O1. The van der Waals surface area contributed by atoms with Crippen LogP contribution >= 0.6 is 0 Å². The number of aromatic nitrogens is 2. The molecule has 1 aromatic rings. The number of nitrogens with zero attached hydrogens (tertiary/aromatic N) is 2. The Morgan fingerprint density at radius 3 is 2.94 bits per heavy atom. The van der Waals surface area contributed by atoms with Gasteiger partial charge in [-0.3, -0.25) is 9.77 Å². The molecule has 1 aliphatic rings. The molecule has 0 bridgehead atoms. The predicted octanol–water partition coefficient (Wildman–Crippen LogP) is -1.18. The topological polar surface area (TPSA) is 117 Å². The number of ether oxygens (including phenoxy) is 1. The average molecular weight is 261 g/mol.